The highest BCUT2D eigenvalue weighted by atomic mass is 16.5. The van der Waals surface area contributed by atoms with E-state index in [2.05, 4.69) is 17.4 Å². The molecule has 2 aromatic carbocycles. The van der Waals surface area contributed by atoms with Crippen LogP contribution in [0.5, 0.6) is 5.75 Å². The highest BCUT2D eigenvalue weighted by Crippen LogP contribution is 2.22. The van der Waals surface area contributed by atoms with Crippen LogP contribution >= 0.6 is 0 Å². The predicted molar refractivity (Wildman–Crippen MR) is 109 cm³/mol. The van der Waals surface area contributed by atoms with Crippen molar-refractivity contribution in [3.63, 3.8) is 0 Å². The number of para-hydroxylation sites is 1. The maximum atomic E-state index is 13.2. The summed E-state index contributed by atoms with van der Waals surface area (Å²) in [5.41, 5.74) is 2.92. The smallest absolute Gasteiger partial charge is 0.255 e. The van der Waals surface area contributed by atoms with E-state index in [1.165, 1.54) is 11.1 Å². The number of benzene rings is 2. The quantitative estimate of drug-likeness (QED) is 0.835. The van der Waals surface area contributed by atoms with Crippen LogP contribution in [-0.4, -0.2) is 35.9 Å². The van der Waals surface area contributed by atoms with Crippen LogP contribution in [0, 0.1) is 5.92 Å². The van der Waals surface area contributed by atoms with Gasteiger partial charge in [0.25, 0.3) is 5.91 Å². The van der Waals surface area contributed by atoms with Crippen LogP contribution in [0.4, 0.5) is 0 Å². The van der Waals surface area contributed by atoms with Crippen molar-refractivity contribution in [3.8, 4) is 5.75 Å². The molecule has 5 nitrogen and oxygen atoms in total. The normalized spacial score (nSPS) is 14.4. The lowest BCUT2D eigenvalue weighted by Gasteiger charge is -2.33. The van der Waals surface area contributed by atoms with Gasteiger partial charge in [-0.2, -0.15) is 0 Å². The molecular weight excluding hydrogens is 352 g/mol. The molecule has 1 unspecified atom stereocenters. The molecule has 1 N–H and O–H groups in total. The first-order chi connectivity index (χ1) is 13.5. The number of hydrogen-bond acceptors (Lipinski definition) is 3. The molecule has 1 atom stereocenters. The Morgan fingerprint density at radius 2 is 1.75 bits per heavy atom. The zero-order chi connectivity index (χ0) is 20.1. The Morgan fingerprint density at radius 1 is 1.07 bits per heavy atom. The van der Waals surface area contributed by atoms with Gasteiger partial charge in [-0.3, -0.25) is 9.59 Å². The van der Waals surface area contributed by atoms with Crippen molar-refractivity contribution in [1.29, 1.82) is 0 Å². The molecule has 148 valence electrons. The Bertz CT molecular complexity index is 847. The van der Waals surface area contributed by atoms with Gasteiger partial charge in [0.2, 0.25) is 5.91 Å². The van der Waals surface area contributed by atoms with E-state index in [4.69, 9.17) is 4.74 Å². The molecule has 0 aromatic heterocycles. The van der Waals surface area contributed by atoms with Crippen molar-refractivity contribution in [1.82, 2.24) is 10.2 Å². The third-order valence-electron chi connectivity index (χ3n) is 5.09. The lowest BCUT2D eigenvalue weighted by Crippen LogP contribution is -2.52. The zero-order valence-corrected chi connectivity index (χ0v) is 16.8. The summed E-state index contributed by atoms with van der Waals surface area (Å²) >= 11 is 0. The molecule has 0 spiro atoms. The van der Waals surface area contributed by atoms with Gasteiger partial charge < -0.3 is 15.0 Å². The van der Waals surface area contributed by atoms with E-state index < -0.39 is 6.04 Å². The summed E-state index contributed by atoms with van der Waals surface area (Å²) in [5, 5.41) is 2.94. The summed E-state index contributed by atoms with van der Waals surface area (Å²) in [6.45, 7) is 7.52. The predicted octanol–water partition coefficient (Wildman–Crippen LogP) is 3.42. The lowest BCUT2D eigenvalue weighted by molar-refractivity contribution is -0.135. The summed E-state index contributed by atoms with van der Waals surface area (Å²) in [6.07, 6.45) is 0.841. The Hall–Kier alpha value is -2.82. The van der Waals surface area contributed by atoms with Crippen molar-refractivity contribution in [2.45, 2.75) is 39.8 Å². The SMILES string of the molecule is CCOc1ccccc1C(=O)NC(C(=O)N1CCc2ccccc2C1)C(C)C. The van der Waals surface area contributed by atoms with Gasteiger partial charge in [0, 0.05) is 13.1 Å². The Morgan fingerprint density at radius 3 is 2.46 bits per heavy atom. The number of nitrogens with one attached hydrogen (secondary N) is 1. The minimum atomic E-state index is -0.576. The highest BCUT2D eigenvalue weighted by molar-refractivity contribution is 5.99. The van der Waals surface area contributed by atoms with Crippen molar-refractivity contribution in [3.05, 3.63) is 65.2 Å². The maximum Gasteiger partial charge on any atom is 0.255 e. The average molecular weight is 380 g/mol. The van der Waals surface area contributed by atoms with Crippen LogP contribution in [0.15, 0.2) is 48.5 Å². The molecule has 0 saturated heterocycles. The summed E-state index contributed by atoms with van der Waals surface area (Å²) in [7, 11) is 0. The average Bonchev–Trinajstić information content (AvgIpc) is 2.71. The van der Waals surface area contributed by atoms with Crippen molar-refractivity contribution in [2.24, 2.45) is 5.92 Å². The fraction of sp³-hybridized carbons (Fsp3) is 0.391. The second-order valence-corrected chi connectivity index (χ2v) is 7.40. The molecule has 3 rings (SSSR count). The van der Waals surface area contributed by atoms with Crippen LogP contribution < -0.4 is 10.1 Å². The van der Waals surface area contributed by atoms with Crippen molar-refractivity contribution in [2.75, 3.05) is 13.2 Å². The van der Waals surface area contributed by atoms with E-state index in [0.29, 0.717) is 31.0 Å². The Balaban J connectivity index is 1.75. The van der Waals surface area contributed by atoms with E-state index in [0.717, 1.165) is 6.42 Å². The van der Waals surface area contributed by atoms with E-state index in [1.807, 2.05) is 43.9 Å². The molecule has 5 heteroatoms. The summed E-state index contributed by atoms with van der Waals surface area (Å²) in [5.74, 6) is 0.192. The van der Waals surface area contributed by atoms with Crippen molar-refractivity contribution < 1.29 is 14.3 Å². The standard InChI is InChI=1S/C23H28N2O3/c1-4-28-20-12-8-7-11-19(20)22(26)24-21(16(2)3)23(27)25-14-13-17-9-5-6-10-18(17)15-25/h5-12,16,21H,4,13-15H2,1-3H3,(H,24,26). The highest BCUT2D eigenvalue weighted by Gasteiger charge is 2.31. The van der Waals surface area contributed by atoms with Gasteiger partial charge in [-0.1, -0.05) is 50.2 Å². The third kappa shape index (κ3) is 4.35. The lowest BCUT2D eigenvalue weighted by atomic mass is 9.97. The van der Waals surface area contributed by atoms with Gasteiger partial charge >= 0.3 is 0 Å². The molecule has 28 heavy (non-hydrogen) atoms. The molecule has 0 saturated carbocycles. The van der Waals surface area contributed by atoms with Gasteiger partial charge in [-0.15, -0.1) is 0 Å². The number of ether oxygens (including phenoxy) is 1. The summed E-state index contributed by atoms with van der Waals surface area (Å²) < 4.78 is 5.56. The molecule has 0 radical (unpaired) electrons. The zero-order valence-electron chi connectivity index (χ0n) is 16.8. The first kappa shape index (κ1) is 19.9. The Labute approximate surface area is 166 Å². The van der Waals surface area contributed by atoms with Crippen LogP contribution in [0.2, 0.25) is 0 Å². The van der Waals surface area contributed by atoms with Gasteiger partial charge in [0.05, 0.1) is 12.2 Å². The number of rotatable bonds is 6. The molecule has 0 bridgehead atoms. The third-order valence-corrected chi connectivity index (χ3v) is 5.09. The second kappa shape index (κ2) is 8.91. The van der Waals surface area contributed by atoms with Crippen LogP contribution in [-0.2, 0) is 17.8 Å². The topological polar surface area (TPSA) is 58.6 Å². The first-order valence-electron chi connectivity index (χ1n) is 9.89. The van der Waals surface area contributed by atoms with Gasteiger partial charge in [0.15, 0.2) is 0 Å². The van der Waals surface area contributed by atoms with E-state index in [9.17, 15) is 9.59 Å². The molecule has 2 amide bonds. The monoisotopic (exact) mass is 380 g/mol. The number of carbonyl (C=O) groups excluding carboxylic acids is 2. The number of nitrogens with zero attached hydrogens (tertiary/aromatic N) is 1. The minimum Gasteiger partial charge on any atom is -0.493 e. The van der Waals surface area contributed by atoms with Crippen LogP contribution in [0.1, 0.15) is 42.3 Å². The van der Waals surface area contributed by atoms with Gasteiger partial charge in [0.1, 0.15) is 11.8 Å². The van der Waals surface area contributed by atoms with E-state index in [-0.39, 0.29) is 17.7 Å². The number of amides is 2. The number of carbonyl (C=O) groups is 2. The largest absolute Gasteiger partial charge is 0.493 e. The van der Waals surface area contributed by atoms with Crippen molar-refractivity contribution >= 4 is 11.8 Å². The Kier molecular flexibility index (Phi) is 6.34. The molecular formula is C23H28N2O3. The summed E-state index contributed by atoms with van der Waals surface area (Å²) in [4.78, 5) is 27.9. The molecule has 1 aliphatic heterocycles. The van der Waals surface area contributed by atoms with Gasteiger partial charge in [-0.25, -0.2) is 0 Å². The maximum absolute atomic E-state index is 13.2. The molecule has 2 aromatic rings. The fourth-order valence-corrected chi connectivity index (χ4v) is 3.55. The van der Waals surface area contributed by atoms with E-state index >= 15 is 0 Å². The molecule has 0 fully saturated rings. The minimum absolute atomic E-state index is 0.0205. The molecule has 1 heterocycles. The number of fused-ring (bicyclic) bond motifs is 1. The van der Waals surface area contributed by atoms with Crippen LogP contribution in [0.3, 0.4) is 0 Å². The summed E-state index contributed by atoms with van der Waals surface area (Å²) in [6, 6.07) is 14.8. The second-order valence-electron chi connectivity index (χ2n) is 7.40. The van der Waals surface area contributed by atoms with Crippen LogP contribution in [0.25, 0.3) is 0 Å². The number of hydrogen-bond donors (Lipinski definition) is 1. The molecule has 1 aliphatic rings. The molecule has 0 aliphatic carbocycles. The first-order valence-corrected chi connectivity index (χ1v) is 9.89. The van der Waals surface area contributed by atoms with Gasteiger partial charge in [-0.05, 0) is 42.5 Å². The van der Waals surface area contributed by atoms with E-state index in [1.54, 1.807) is 18.2 Å². The fourth-order valence-electron chi connectivity index (χ4n) is 3.55.